The van der Waals surface area contributed by atoms with Gasteiger partial charge in [-0.1, -0.05) is 18.2 Å². The van der Waals surface area contributed by atoms with Crippen LogP contribution < -0.4 is 10.1 Å². The van der Waals surface area contributed by atoms with Gasteiger partial charge in [-0.25, -0.2) is 4.39 Å². The molecule has 0 unspecified atom stereocenters. The summed E-state index contributed by atoms with van der Waals surface area (Å²) in [5, 5.41) is 2.74. The van der Waals surface area contributed by atoms with E-state index in [0.717, 1.165) is 11.3 Å². The van der Waals surface area contributed by atoms with Crippen LogP contribution in [0.1, 0.15) is 29.9 Å². The molecular weight excluding hydrogens is 331 g/mol. The molecule has 5 heteroatoms. The monoisotopic (exact) mass is 350 g/mol. The first-order chi connectivity index (χ1) is 13.3. The third-order valence-corrected chi connectivity index (χ3v) is 4.23. The molecule has 26 heavy (non-hydrogen) atoms. The van der Waals surface area contributed by atoms with Gasteiger partial charge in [0.15, 0.2) is 0 Å². The van der Waals surface area contributed by atoms with Gasteiger partial charge in [0.25, 0.3) is 5.91 Å². The number of carbonyl (C=O) groups excluding carboxylic acids is 1. The highest BCUT2D eigenvalue weighted by molar-refractivity contribution is 6.00. The van der Waals surface area contributed by atoms with E-state index >= 15 is 0 Å². The predicted molar refractivity (Wildman–Crippen MR) is 96.3 cm³/mol. The average Bonchev–Trinajstić information content (AvgIpc) is 3.02. The second-order valence-corrected chi connectivity index (χ2v) is 6.09. The first kappa shape index (κ1) is 14.0. The van der Waals surface area contributed by atoms with Crippen molar-refractivity contribution in [1.29, 1.82) is 0 Å². The molecule has 0 atom stereocenters. The summed E-state index contributed by atoms with van der Waals surface area (Å²) in [7, 11) is 0. The van der Waals surface area contributed by atoms with Gasteiger partial charge < -0.3 is 10.1 Å². The van der Waals surface area contributed by atoms with Crippen LogP contribution in [0.3, 0.4) is 0 Å². The second-order valence-electron chi connectivity index (χ2n) is 6.09. The van der Waals surface area contributed by atoms with Crippen LogP contribution in [0.25, 0.3) is 11.1 Å². The van der Waals surface area contributed by atoms with E-state index in [1.807, 2.05) is 6.92 Å². The zero-order valence-corrected chi connectivity index (χ0v) is 14.0. The molecule has 1 aliphatic heterocycles. The lowest BCUT2D eigenvalue weighted by Gasteiger charge is -2.14. The summed E-state index contributed by atoms with van der Waals surface area (Å²) in [5.41, 5.74) is 3.41. The summed E-state index contributed by atoms with van der Waals surface area (Å²) in [6, 6.07) is 12.4. The van der Waals surface area contributed by atoms with Crippen molar-refractivity contribution in [2.45, 2.75) is 20.0 Å². The Morgan fingerprint density at radius 3 is 2.73 bits per heavy atom. The zero-order valence-electron chi connectivity index (χ0n) is 16.0. The number of hydrogen-bond acceptors (Lipinski definition) is 3. The highest BCUT2D eigenvalue weighted by atomic mass is 19.1. The third kappa shape index (κ3) is 3.16. The molecule has 4 nitrogen and oxygen atoms in total. The van der Waals surface area contributed by atoms with Crippen molar-refractivity contribution in [3.05, 3.63) is 82.9 Å². The van der Waals surface area contributed by atoms with Crippen LogP contribution in [0.15, 0.2) is 54.7 Å². The number of fused-ring (bicyclic) bond motifs is 1. The molecule has 0 bridgehead atoms. The summed E-state index contributed by atoms with van der Waals surface area (Å²) in [6.45, 7) is 0.0282. The van der Waals surface area contributed by atoms with Crippen LogP contribution >= 0.6 is 0 Å². The van der Waals surface area contributed by atoms with Crippen LogP contribution in [0, 0.1) is 12.7 Å². The van der Waals surface area contributed by atoms with Crippen molar-refractivity contribution >= 4 is 5.91 Å². The number of amides is 1. The molecule has 1 aliphatic rings. The fraction of sp³-hybridized carbons (Fsp3) is 0.143. The molecule has 130 valence electrons. The lowest BCUT2D eigenvalue weighted by Crippen LogP contribution is -2.12. The maximum atomic E-state index is 13.3. The third-order valence-electron chi connectivity index (χ3n) is 4.23. The molecular formula is C21H17FN2O2. The number of rotatable bonds is 4. The number of benzene rings is 2. The predicted octanol–water partition coefficient (Wildman–Crippen LogP) is 4.02. The molecule has 0 spiro atoms. The van der Waals surface area contributed by atoms with Crippen molar-refractivity contribution < 1.29 is 16.7 Å². The van der Waals surface area contributed by atoms with Gasteiger partial charge in [-0.15, -0.1) is 0 Å². The van der Waals surface area contributed by atoms with Crippen molar-refractivity contribution in [3.63, 3.8) is 0 Å². The Labute approximate surface area is 153 Å². The van der Waals surface area contributed by atoms with Gasteiger partial charge in [0.2, 0.25) is 0 Å². The summed E-state index contributed by atoms with van der Waals surface area (Å²) in [6.07, 6.45) is 1.44. The minimum absolute atomic E-state index is 0.198. The molecule has 1 aromatic heterocycles. The molecule has 0 radical (unpaired) electrons. The van der Waals surface area contributed by atoms with Crippen LogP contribution in [0.2, 0.25) is 0 Å². The first-order valence-electron chi connectivity index (χ1n) is 9.17. The number of ether oxygens (including phenoxy) is 1. The molecule has 1 N–H and O–H groups in total. The smallest absolute Gasteiger partial charge is 0.251 e. The first-order valence-corrected chi connectivity index (χ1v) is 8.17. The van der Waals surface area contributed by atoms with E-state index in [2.05, 4.69) is 10.3 Å². The minimum atomic E-state index is -2.14. The molecule has 2 aromatic carbocycles. The van der Waals surface area contributed by atoms with Gasteiger partial charge in [-0.05, 0) is 48.4 Å². The molecule has 2 heterocycles. The van der Waals surface area contributed by atoms with Crippen molar-refractivity contribution in [1.82, 2.24) is 10.3 Å². The van der Waals surface area contributed by atoms with E-state index in [1.54, 1.807) is 36.4 Å². The Balaban J connectivity index is 1.80. The Morgan fingerprint density at radius 1 is 1.19 bits per heavy atom. The number of nitrogens with one attached hydrogen (secondary N) is 1. The maximum absolute atomic E-state index is 13.3. The number of pyridine rings is 1. The summed E-state index contributed by atoms with van der Waals surface area (Å²) >= 11 is 0. The standard InChI is InChI=1S/C21H17FN2O2/c1-13-2-3-14(10-23-13)12-26-20-8-16-11-24-21(25)19(16)9-18(20)15-4-6-17(22)7-5-15/h2-10H,11-12H2,1H3,(H,24,25)/i12D2. The number of nitrogens with zero attached hydrogens (tertiary/aromatic N) is 1. The highest BCUT2D eigenvalue weighted by Gasteiger charge is 2.22. The Hall–Kier alpha value is -3.21. The second kappa shape index (κ2) is 6.59. The number of hydrogen-bond donors (Lipinski definition) is 1. The van der Waals surface area contributed by atoms with E-state index in [4.69, 9.17) is 7.48 Å². The van der Waals surface area contributed by atoms with Gasteiger partial charge in [-0.3, -0.25) is 9.78 Å². The lowest BCUT2D eigenvalue weighted by molar-refractivity contribution is 0.0966. The summed E-state index contributed by atoms with van der Waals surface area (Å²) < 4.78 is 35.8. The fourth-order valence-electron chi connectivity index (χ4n) is 2.83. The SMILES string of the molecule is [2H]C([2H])(Oc1cc2c(cc1-c1ccc(F)cc1)C(=O)NC2)c1ccc(C)nc1. The van der Waals surface area contributed by atoms with Crippen molar-refractivity contribution in [2.75, 3.05) is 0 Å². The van der Waals surface area contributed by atoms with E-state index in [9.17, 15) is 9.18 Å². The Bertz CT molecular complexity index is 1050. The van der Waals surface area contributed by atoms with E-state index in [1.165, 1.54) is 18.3 Å². The number of aromatic nitrogens is 1. The Morgan fingerprint density at radius 2 is 2.00 bits per heavy atom. The average molecular weight is 350 g/mol. The van der Waals surface area contributed by atoms with Gasteiger partial charge in [0, 0.05) is 35.1 Å². The fourth-order valence-corrected chi connectivity index (χ4v) is 2.83. The van der Waals surface area contributed by atoms with Gasteiger partial charge in [0.05, 0.1) is 2.74 Å². The molecule has 0 fully saturated rings. The summed E-state index contributed by atoms with van der Waals surface area (Å²) in [4.78, 5) is 16.2. The highest BCUT2D eigenvalue weighted by Crippen LogP contribution is 2.35. The molecule has 0 aliphatic carbocycles. The molecule has 3 aromatic rings. The topological polar surface area (TPSA) is 51.2 Å². The largest absolute Gasteiger partial charge is 0.488 e. The minimum Gasteiger partial charge on any atom is -0.488 e. The van der Waals surface area contributed by atoms with Crippen LogP contribution in [-0.4, -0.2) is 10.9 Å². The van der Waals surface area contributed by atoms with Crippen molar-refractivity contribution in [2.24, 2.45) is 0 Å². The number of halogens is 1. The van der Waals surface area contributed by atoms with Crippen LogP contribution in [0.4, 0.5) is 4.39 Å². The lowest BCUT2D eigenvalue weighted by atomic mass is 9.99. The molecule has 4 rings (SSSR count). The van der Waals surface area contributed by atoms with Gasteiger partial charge >= 0.3 is 0 Å². The Kier molecular flexibility index (Phi) is 3.55. The van der Waals surface area contributed by atoms with E-state index in [-0.39, 0.29) is 23.0 Å². The maximum Gasteiger partial charge on any atom is 0.251 e. The van der Waals surface area contributed by atoms with E-state index in [0.29, 0.717) is 23.2 Å². The number of aryl methyl sites for hydroxylation is 1. The van der Waals surface area contributed by atoms with Gasteiger partial charge in [-0.2, -0.15) is 0 Å². The van der Waals surface area contributed by atoms with E-state index < -0.39 is 6.56 Å². The molecule has 0 saturated heterocycles. The van der Waals surface area contributed by atoms with Crippen LogP contribution in [0.5, 0.6) is 5.75 Å². The summed E-state index contributed by atoms with van der Waals surface area (Å²) in [5.74, 6) is -0.311. The zero-order chi connectivity index (χ0) is 19.9. The van der Waals surface area contributed by atoms with Crippen LogP contribution in [-0.2, 0) is 13.1 Å². The molecule has 0 saturated carbocycles. The normalized spacial score (nSPS) is 14.3. The number of carbonyl (C=O) groups is 1. The van der Waals surface area contributed by atoms with Gasteiger partial charge in [0.1, 0.15) is 18.1 Å². The van der Waals surface area contributed by atoms with Crippen molar-refractivity contribution in [3.8, 4) is 16.9 Å². The molecule has 1 amide bonds. The quantitative estimate of drug-likeness (QED) is 0.773.